The summed E-state index contributed by atoms with van der Waals surface area (Å²) in [6.07, 6.45) is -1.11. The molecule has 7 heteroatoms. The Hall–Kier alpha value is -0.720. The maximum atomic E-state index is 13.8. The predicted octanol–water partition coefficient (Wildman–Crippen LogP) is 4.11. The molecule has 108 valence electrons. The fourth-order valence-electron chi connectivity index (χ4n) is 2.00. The van der Waals surface area contributed by atoms with Gasteiger partial charge in [-0.3, -0.25) is 0 Å². The Balaban J connectivity index is 2.39. The molecule has 0 radical (unpaired) electrons. The molecule has 3 N–H and O–H groups in total. The van der Waals surface area contributed by atoms with Gasteiger partial charge in [-0.1, -0.05) is 29.3 Å². The Morgan fingerprint density at radius 2 is 1.90 bits per heavy atom. The van der Waals surface area contributed by atoms with Crippen LogP contribution in [-0.2, 0) is 0 Å². The summed E-state index contributed by atoms with van der Waals surface area (Å²) in [5.41, 5.74) is 6.14. The third-order valence-corrected chi connectivity index (χ3v) is 4.52. The van der Waals surface area contributed by atoms with Gasteiger partial charge in [0.05, 0.1) is 10.4 Å². The smallest absolute Gasteiger partial charge is 0.129 e. The van der Waals surface area contributed by atoms with Crippen LogP contribution in [0.4, 0.5) is 8.78 Å². The van der Waals surface area contributed by atoms with E-state index in [1.165, 1.54) is 12.1 Å². The van der Waals surface area contributed by atoms with E-state index in [1.807, 2.05) is 0 Å². The largest absolute Gasteiger partial charge is 0.388 e. The molecule has 2 aromatic rings. The number of thiophene rings is 1. The van der Waals surface area contributed by atoms with E-state index in [-0.39, 0.29) is 12.1 Å². The van der Waals surface area contributed by atoms with Crippen LogP contribution in [0.2, 0.25) is 8.67 Å². The Labute approximate surface area is 128 Å². The molecule has 0 aliphatic rings. The van der Waals surface area contributed by atoms with Crippen molar-refractivity contribution in [3.63, 3.8) is 0 Å². The van der Waals surface area contributed by atoms with E-state index in [0.29, 0.717) is 14.2 Å². The Kier molecular flexibility index (Phi) is 4.99. The summed E-state index contributed by atoms with van der Waals surface area (Å²) in [4.78, 5) is 0. The average molecular weight is 338 g/mol. The summed E-state index contributed by atoms with van der Waals surface area (Å²) >= 11 is 12.9. The number of benzene rings is 1. The highest BCUT2D eigenvalue weighted by Crippen LogP contribution is 2.40. The molecule has 0 fully saturated rings. The number of aliphatic hydroxyl groups excluding tert-OH is 1. The topological polar surface area (TPSA) is 46.2 Å². The van der Waals surface area contributed by atoms with Crippen LogP contribution in [0.25, 0.3) is 0 Å². The van der Waals surface area contributed by atoms with Crippen LogP contribution in [0.15, 0.2) is 24.3 Å². The van der Waals surface area contributed by atoms with Gasteiger partial charge in [-0.15, -0.1) is 11.3 Å². The highest BCUT2D eigenvalue weighted by molar-refractivity contribution is 7.20. The summed E-state index contributed by atoms with van der Waals surface area (Å²) in [5.74, 6) is -2.18. The lowest BCUT2D eigenvalue weighted by molar-refractivity contribution is 0.146. The number of halogens is 4. The lowest BCUT2D eigenvalue weighted by atomic mass is 9.90. The van der Waals surface area contributed by atoms with Gasteiger partial charge >= 0.3 is 0 Å². The maximum Gasteiger partial charge on any atom is 0.129 e. The van der Waals surface area contributed by atoms with E-state index in [2.05, 4.69) is 0 Å². The van der Waals surface area contributed by atoms with Gasteiger partial charge in [0.15, 0.2) is 0 Å². The molecule has 0 saturated carbocycles. The van der Waals surface area contributed by atoms with Crippen molar-refractivity contribution in [1.29, 1.82) is 0 Å². The van der Waals surface area contributed by atoms with Crippen LogP contribution < -0.4 is 5.73 Å². The van der Waals surface area contributed by atoms with Crippen molar-refractivity contribution in [1.82, 2.24) is 0 Å². The van der Waals surface area contributed by atoms with Crippen molar-refractivity contribution in [2.45, 2.75) is 12.0 Å². The first-order valence-corrected chi connectivity index (χ1v) is 7.29. The fourth-order valence-corrected chi connectivity index (χ4v) is 3.54. The van der Waals surface area contributed by atoms with Gasteiger partial charge in [0, 0.05) is 24.1 Å². The summed E-state index contributed by atoms with van der Waals surface area (Å²) in [6.45, 7) is -0.0203. The van der Waals surface area contributed by atoms with E-state index >= 15 is 0 Å². The third kappa shape index (κ3) is 3.13. The standard InChI is InChI=1S/C13H11Cl2F2NOS/c14-11-4-8(13(15)20-11)12(19)9(5-18)7-2-1-6(16)3-10(7)17/h1-4,9,12,19H,5,18H2. The molecule has 0 spiro atoms. The predicted molar refractivity (Wildman–Crippen MR) is 77.5 cm³/mol. The van der Waals surface area contributed by atoms with E-state index < -0.39 is 23.7 Å². The number of hydrogen-bond acceptors (Lipinski definition) is 3. The van der Waals surface area contributed by atoms with Crippen LogP contribution in [0.3, 0.4) is 0 Å². The van der Waals surface area contributed by atoms with Crippen LogP contribution in [-0.4, -0.2) is 11.7 Å². The summed E-state index contributed by atoms with van der Waals surface area (Å²) < 4.78 is 27.5. The molecule has 2 atom stereocenters. The van der Waals surface area contributed by atoms with Gasteiger partial charge < -0.3 is 10.8 Å². The van der Waals surface area contributed by atoms with Gasteiger partial charge in [-0.2, -0.15) is 0 Å². The first-order valence-electron chi connectivity index (χ1n) is 5.71. The highest BCUT2D eigenvalue weighted by Gasteiger charge is 2.27. The maximum absolute atomic E-state index is 13.8. The van der Waals surface area contributed by atoms with Crippen molar-refractivity contribution in [3.05, 3.63) is 55.7 Å². The van der Waals surface area contributed by atoms with Gasteiger partial charge in [-0.25, -0.2) is 8.78 Å². The van der Waals surface area contributed by atoms with Crippen LogP contribution in [0, 0.1) is 11.6 Å². The van der Waals surface area contributed by atoms with Crippen LogP contribution >= 0.6 is 34.5 Å². The van der Waals surface area contributed by atoms with Gasteiger partial charge in [-0.05, 0) is 17.7 Å². The molecule has 2 unspecified atom stereocenters. The van der Waals surface area contributed by atoms with Crippen molar-refractivity contribution in [2.75, 3.05) is 6.54 Å². The minimum atomic E-state index is -1.11. The molecule has 0 aliphatic heterocycles. The monoisotopic (exact) mass is 337 g/mol. The van der Waals surface area contributed by atoms with Gasteiger partial charge in [0.25, 0.3) is 0 Å². The minimum Gasteiger partial charge on any atom is -0.388 e. The van der Waals surface area contributed by atoms with Gasteiger partial charge in [0.2, 0.25) is 0 Å². The molecule has 2 nitrogen and oxygen atoms in total. The van der Waals surface area contributed by atoms with E-state index in [4.69, 9.17) is 28.9 Å². The summed E-state index contributed by atoms with van der Waals surface area (Å²) in [7, 11) is 0. The SMILES string of the molecule is NCC(c1ccc(F)cc1F)C(O)c1cc(Cl)sc1Cl. The van der Waals surface area contributed by atoms with Crippen molar-refractivity contribution >= 4 is 34.5 Å². The number of aliphatic hydroxyl groups is 1. The first kappa shape index (κ1) is 15.7. The fraction of sp³-hybridized carbons (Fsp3) is 0.231. The summed E-state index contributed by atoms with van der Waals surface area (Å²) in [6, 6.07) is 4.67. The Bertz CT molecular complexity index is 620. The zero-order valence-corrected chi connectivity index (χ0v) is 12.4. The Morgan fingerprint density at radius 3 is 2.40 bits per heavy atom. The first-order chi connectivity index (χ1) is 9.43. The van der Waals surface area contributed by atoms with Crippen molar-refractivity contribution in [3.8, 4) is 0 Å². The van der Waals surface area contributed by atoms with E-state index in [0.717, 1.165) is 23.5 Å². The molecule has 0 aliphatic carbocycles. The number of rotatable bonds is 4. The number of hydrogen-bond donors (Lipinski definition) is 2. The lowest BCUT2D eigenvalue weighted by Gasteiger charge is -2.22. The average Bonchev–Trinajstić information content (AvgIpc) is 2.71. The minimum absolute atomic E-state index is 0.0203. The number of nitrogens with two attached hydrogens (primary N) is 1. The van der Waals surface area contributed by atoms with Gasteiger partial charge in [0.1, 0.15) is 16.0 Å². The molecule has 1 aromatic heterocycles. The molecular weight excluding hydrogens is 327 g/mol. The van der Waals surface area contributed by atoms with E-state index in [1.54, 1.807) is 0 Å². The third-order valence-electron chi connectivity index (χ3n) is 3.00. The molecule has 1 aromatic carbocycles. The molecule has 0 saturated heterocycles. The van der Waals surface area contributed by atoms with Crippen molar-refractivity contribution in [2.24, 2.45) is 5.73 Å². The molecular formula is C13H11Cl2F2NOS. The molecule has 2 rings (SSSR count). The second-order valence-corrected chi connectivity index (χ2v) is 6.52. The highest BCUT2D eigenvalue weighted by atomic mass is 35.5. The molecule has 20 heavy (non-hydrogen) atoms. The zero-order valence-electron chi connectivity index (χ0n) is 10.1. The van der Waals surface area contributed by atoms with Crippen LogP contribution in [0.5, 0.6) is 0 Å². The van der Waals surface area contributed by atoms with Crippen molar-refractivity contribution < 1.29 is 13.9 Å². The second kappa shape index (κ2) is 6.37. The normalized spacial score (nSPS) is 14.3. The molecule has 1 heterocycles. The second-order valence-electron chi connectivity index (χ2n) is 4.23. The Morgan fingerprint density at radius 1 is 1.20 bits per heavy atom. The lowest BCUT2D eigenvalue weighted by Crippen LogP contribution is -2.21. The molecule has 0 bridgehead atoms. The zero-order chi connectivity index (χ0) is 14.9. The summed E-state index contributed by atoms with van der Waals surface area (Å²) in [5, 5.41) is 10.3. The molecule has 0 amide bonds. The van der Waals surface area contributed by atoms with E-state index in [9.17, 15) is 13.9 Å². The quantitative estimate of drug-likeness (QED) is 0.881. The van der Waals surface area contributed by atoms with Crippen LogP contribution in [0.1, 0.15) is 23.1 Å².